The quantitative estimate of drug-likeness (QED) is 0.732. The Hall–Kier alpha value is -2.83. The van der Waals surface area contributed by atoms with Gasteiger partial charge in [-0.1, -0.05) is 12.1 Å². The standard InChI is InChI=1S/C18H17F2N5/c1-24-18(21-22-23-24)13-5-2-3-6-16(13)25-10-4-7-17(25)14-11-12(19)8-9-15(14)20/h2-3,5-6,8-9,11,17H,4,7,10H2,1H3. The van der Waals surface area contributed by atoms with Crippen LogP contribution in [0.4, 0.5) is 14.5 Å². The van der Waals surface area contributed by atoms with Crippen LogP contribution in [0, 0.1) is 11.6 Å². The van der Waals surface area contributed by atoms with E-state index in [2.05, 4.69) is 20.4 Å². The molecule has 2 aromatic carbocycles. The second-order valence-corrected chi connectivity index (χ2v) is 6.16. The molecular weight excluding hydrogens is 324 g/mol. The first-order valence-electron chi connectivity index (χ1n) is 8.18. The molecule has 1 unspecified atom stereocenters. The Kier molecular flexibility index (Phi) is 3.91. The van der Waals surface area contributed by atoms with Crippen molar-refractivity contribution in [3.05, 3.63) is 59.7 Å². The van der Waals surface area contributed by atoms with E-state index >= 15 is 0 Å². The van der Waals surface area contributed by atoms with Gasteiger partial charge in [-0.2, -0.15) is 0 Å². The predicted molar refractivity (Wildman–Crippen MR) is 89.9 cm³/mol. The Morgan fingerprint density at radius 3 is 2.76 bits per heavy atom. The molecule has 0 saturated carbocycles. The predicted octanol–water partition coefficient (Wildman–Crippen LogP) is 3.50. The van der Waals surface area contributed by atoms with E-state index < -0.39 is 5.82 Å². The highest BCUT2D eigenvalue weighted by Crippen LogP contribution is 2.41. The summed E-state index contributed by atoms with van der Waals surface area (Å²) in [4.78, 5) is 2.11. The molecule has 5 nitrogen and oxygen atoms in total. The van der Waals surface area contributed by atoms with E-state index in [0.717, 1.165) is 36.7 Å². The van der Waals surface area contributed by atoms with E-state index in [0.29, 0.717) is 11.4 Å². The van der Waals surface area contributed by atoms with Gasteiger partial charge in [-0.25, -0.2) is 13.5 Å². The zero-order valence-corrected chi connectivity index (χ0v) is 13.7. The fourth-order valence-electron chi connectivity index (χ4n) is 3.52. The van der Waals surface area contributed by atoms with Crippen LogP contribution in [0.2, 0.25) is 0 Å². The van der Waals surface area contributed by atoms with E-state index in [1.165, 1.54) is 12.1 Å². The summed E-state index contributed by atoms with van der Waals surface area (Å²) in [5.74, 6) is -0.161. The number of tetrazole rings is 1. The summed E-state index contributed by atoms with van der Waals surface area (Å²) >= 11 is 0. The molecule has 1 aliphatic rings. The van der Waals surface area contributed by atoms with Gasteiger partial charge < -0.3 is 4.90 Å². The third-order valence-corrected chi connectivity index (χ3v) is 4.64. The van der Waals surface area contributed by atoms with Gasteiger partial charge in [0.05, 0.1) is 6.04 Å². The fraction of sp³-hybridized carbons (Fsp3) is 0.278. The minimum absolute atomic E-state index is 0.210. The maximum Gasteiger partial charge on any atom is 0.183 e. The Bertz CT molecular complexity index is 908. The highest BCUT2D eigenvalue weighted by atomic mass is 19.1. The Balaban J connectivity index is 1.80. The van der Waals surface area contributed by atoms with E-state index in [4.69, 9.17) is 0 Å². The van der Waals surface area contributed by atoms with Crippen LogP contribution in [0.25, 0.3) is 11.4 Å². The monoisotopic (exact) mass is 341 g/mol. The van der Waals surface area contributed by atoms with E-state index in [9.17, 15) is 8.78 Å². The maximum atomic E-state index is 14.3. The zero-order valence-electron chi connectivity index (χ0n) is 13.7. The van der Waals surface area contributed by atoms with Crippen molar-refractivity contribution in [3.63, 3.8) is 0 Å². The molecule has 1 atom stereocenters. The van der Waals surface area contributed by atoms with Crippen molar-refractivity contribution < 1.29 is 8.78 Å². The molecule has 0 bridgehead atoms. The van der Waals surface area contributed by atoms with Gasteiger partial charge in [0.25, 0.3) is 0 Å². The summed E-state index contributed by atoms with van der Waals surface area (Å²) < 4.78 is 29.6. The van der Waals surface area contributed by atoms with Crippen LogP contribution in [0.1, 0.15) is 24.4 Å². The van der Waals surface area contributed by atoms with Gasteiger partial charge in [-0.15, -0.1) is 5.10 Å². The molecule has 25 heavy (non-hydrogen) atoms. The minimum Gasteiger partial charge on any atom is -0.364 e. The first kappa shape index (κ1) is 15.7. The van der Waals surface area contributed by atoms with Gasteiger partial charge in [-0.05, 0) is 53.6 Å². The van der Waals surface area contributed by atoms with Crippen molar-refractivity contribution in [2.24, 2.45) is 7.05 Å². The van der Waals surface area contributed by atoms with E-state index in [1.807, 2.05) is 24.3 Å². The molecule has 1 saturated heterocycles. The van der Waals surface area contributed by atoms with Crippen molar-refractivity contribution >= 4 is 5.69 Å². The number of aromatic nitrogens is 4. The van der Waals surface area contributed by atoms with Crippen LogP contribution < -0.4 is 4.90 Å². The minimum atomic E-state index is -0.422. The lowest BCUT2D eigenvalue weighted by Crippen LogP contribution is -2.24. The van der Waals surface area contributed by atoms with Crippen LogP contribution in [-0.4, -0.2) is 26.8 Å². The molecule has 1 aromatic heterocycles. The average molecular weight is 341 g/mol. The van der Waals surface area contributed by atoms with E-state index in [-0.39, 0.29) is 11.9 Å². The van der Waals surface area contributed by atoms with Gasteiger partial charge in [0, 0.05) is 30.4 Å². The summed E-state index contributed by atoms with van der Waals surface area (Å²) in [5, 5.41) is 11.7. The summed E-state index contributed by atoms with van der Waals surface area (Å²) in [6.07, 6.45) is 1.68. The smallest absolute Gasteiger partial charge is 0.183 e. The molecule has 0 aliphatic carbocycles. The van der Waals surface area contributed by atoms with Gasteiger partial charge >= 0.3 is 0 Å². The Morgan fingerprint density at radius 2 is 1.96 bits per heavy atom. The third-order valence-electron chi connectivity index (χ3n) is 4.64. The highest BCUT2D eigenvalue weighted by Gasteiger charge is 2.30. The van der Waals surface area contributed by atoms with Crippen LogP contribution in [-0.2, 0) is 7.05 Å². The van der Waals surface area contributed by atoms with Crippen molar-refractivity contribution in [3.8, 4) is 11.4 Å². The van der Waals surface area contributed by atoms with Crippen molar-refractivity contribution in [1.82, 2.24) is 20.2 Å². The van der Waals surface area contributed by atoms with Gasteiger partial charge in [0.2, 0.25) is 0 Å². The maximum absolute atomic E-state index is 14.3. The number of anilines is 1. The highest BCUT2D eigenvalue weighted by molar-refractivity contribution is 5.75. The molecule has 0 spiro atoms. The number of aryl methyl sites for hydroxylation is 1. The second-order valence-electron chi connectivity index (χ2n) is 6.16. The lowest BCUT2D eigenvalue weighted by Gasteiger charge is -2.29. The van der Waals surface area contributed by atoms with Crippen LogP contribution in [0.3, 0.4) is 0 Å². The Labute approximate surface area is 143 Å². The second kappa shape index (κ2) is 6.23. The lowest BCUT2D eigenvalue weighted by atomic mass is 10.0. The third kappa shape index (κ3) is 2.75. The Morgan fingerprint density at radius 1 is 1.12 bits per heavy atom. The zero-order chi connectivity index (χ0) is 17.4. The molecule has 1 aliphatic heterocycles. The van der Waals surface area contributed by atoms with Gasteiger partial charge in [-0.3, -0.25) is 0 Å². The largest absolute Gasteiger partial charge is 0.364 e. The van der Waals surface area contributed by atoms with Gasteiger partial charge in [0.1, 0.15) is 11.6 Å². The molecule has 0 amide bonds. The first-order chi connectivity index (χ1) is 12.1. The lowest BCUT2D eigenvalue weighted by molar-refractivity contribution is 0.561. The molecular formula is C18H17F2N5. The molecule has 0 N–H and O–H groups in total. The SMILES string of the molecule is Cn1nnnc1-c1ccccc1N1CCCC1c1cc(F)ccc1F. The number of halogens is 2. The normalized spacial score (nSPS) is 17.2. The molecule has 128 valence electrons. The number of hydrogen-bond donors (Lipinski definition) is 0. The number of rotatable bonds is 3. The summed E-state index contributed by atoms with van der Waals surface area (Å²) in [5.41, 5.74) is 2.19. The number of nitrogens with zero attached hydrogens (tertiary/aromatic N) is 5. The first-order valence-corrected chi connectivity index (χ1v) is 8.18. The van der Waals surface area contributed by atoms with E-state index in [1.54, 1.807) is 11.7 Å². The molecule has 0 radical (unpaired) electrons. The van der Waals surface area contributed by atoms with Crippen LogP contribution in [0.5, 0.6) is 0 Å². The van der Waals surface area contributed by atoms with Crippen molar-refractivity contribution in [1.29, 1.82) is 0 Å². The molecule has 1 fully saturated rings. The van der Waals surface area contributed by atoms with Crippen molar-refractivity contribution in [2.45, 2.75) is 18.9 Å². The van der Waals surface area contributed by atoms with Crippen molar-refractivity contribution in [2.75, 3.05) is 11.4 Å². The van der Waals surface area contributed by atoms with Crippen LogP contribution >= 0.6 is 0 Å². The summed E-state index contributed by atoms with van der Waals surface area (Å²) in [7, 11) is 1.78. The van der Waals surface area contributed by atoms with Gasteiger partial charge in [0.15, 0.2) is 5.82 Å². The molecule has 7 heteroatoms. The number of benzene rings is 2. The summed E-state index contributed by atoms with van der Waals surface area (Å²) in [6, 6.07) is 11.2. The molecule has 3 aromatic rings. The fourth-order valence-corrected chi connectivity index (χ4v) is 3.52. The molecule has 4 rings (SSSR count). The summed E-state index contributed by atoms with van der Waals surface area (Å²) in [6.45, 7) is 0.767. The topological polar surface area (TPSA) is 46.8 Å². The average Bonchev–Trinajstić information content (AvgIpc) is 3.26. The number of hydrogen-bond acceptors (Lipinski definition) is 4. The van der Waals surface area contributed by atoms with Crippen LogP contribution in [0.15, 0.2) is 42.5 Å². The molecule has 2 heterocycles. The number of para-hydroxylation sites is 1.